The Morgan fingerprint density at radius 2 is 1.96 bits per heavy atom. The first-order chi connectivity index (χ1) is 13.2. The minimum absolute atomic E-state index is 0.0783. The Balaban J connectivity index is 1.35. The predicted molar refractivity (Wildman–Crippen MR) is 103 cm³/mol. The smallest absolute Gasteiger partial charge is 0.161 e. The molecule has 6 heteroatoms. The van der Waals surface area contributed by atoms with E-state index in [1.165, 1.54) is 5.56 Å². The van der Waals surface area contributed by atoms with Crippen molar-refractivity contribution in [1.82, 2.24) is 14.5 Å². The molecule has 2 aromatic rings. The van der Waals surface area contributed by atoms with Gasteiger partial charge in [-0.2, -0.15) is 0 Å². The third kappa shape index (κ3) is 4.45. The Hall–Kier alpha value is -2.05. The first-order valence-corrected chi connectivity index (χ1v) is 9.96. The van der Waals surface area contributed by atoms with E-state index in [0.29, 0.717) is 25.0 Å². The van der Waals surface area contributed by atoms with Crippen molar-refractivity contribution >= 4 is 0 Å². The topological polar surface area (TPSA) is 59.8 Å². The number of likely N-dealkylation sites (tertiary alicyclic amines) is 1. The third-order valence-corrected chi connectivity index (χ3v) is 5.68. The number of hydrogen-bond acceptors (Lipinski definition) is 5. The average Bonchev–Trinajstić information content (AvgIpc) is 3.34. The monoisotopic (exact) mass is 371 g/mol. The summed E-state index contributed by atoms with van der Waals surface area (Å²) in [4.78, 5) is 6.55. The molecule has 4 rings (SSSR count). The molecule has 1 unspecified atom stereocenters. The lowest BCUT2D eigenvalue weighted by Gasteiger charge is -2.19. The highest BCUT2D eigenvalue weighted by Gasteiger charge is 2.39. The van der Waals surface area contributed by atoms with Crippen LogP contribution in [0.2, 0.25) is 0 Å². The Morgan fingerprint density at radius 3 is 2.67 bits per heavy atom. The molecule has 2 fully saturated rings. The first-order valence-electron chi connectivity index (χ1n) is 9.96. The van der Waals surface area contributed by atoms with Crippen LogP contribution in [0.5, 0.6) is 11.5 Å². The first kappa shape index (κ1) is 18.3. The van der Waals surface area contributed by atoms with Gasteiger partial charge in [-0.15, -0.1) is 0 Å². The number of ether oxygens (including phenoxy) is 2. The van der Waals surface area contributed by atoms with Gasteiger partial charge in [0.1, 0.15) is 6.61 Å². The number of aliphatic hydroxyl groups excluding tert-OH is 1. The molecular weight excluding hydrogens is 342 g/mol. The molecule has 2 heterocycles. The zero-order valence-electron chi connectivity index (χ0n) is 16.0. The molecule has 1 aliphatic carbocycles. The van der Waals surface area contributed by atoms with Gasteiger partial charge in [0.25, 0.3) is 0 Å². The normalized spacial score (nSPS) is 24.9. The maximum absolute atomic E-state index is 9.81. The lowest BCUT2D eigenvalue weighted by Crippen LogP contribution is -2.22. The van der Waals surface area contributed by atoms with Gasteiger partial charge in [0.05, 0.1) is 25.6 Å². The summed E-state index contributed by atoms with van der Waals surface area (Å²) in [6, 6.07) is 6.27. The summed E-state index contributed by atoms with van der Waals surface area (Å²) in [5, 5.41) is 9.81. The van der Waals surface area contributed by atoms with Gasteiger partial charge in [0.15, 0.2) is 11.5 Å². The van der Waals surface area contributed by atoms with E-state index in [-0.39, 0.29) is 6.10 Å². The molecular formula is C21H29N3O3. The summed E-state index contributed by atoms with van der Waals surface area (Å²) >= 11 is 0. The Kier molecular flexibility index (Phi) is 5.64. The predicted octanol–water partition coefficient (Wildman–Crippen LogP) is 2.56. The molecule has 0 amide bonds. The van der Waals surface area contributed by atoms with Crippen molar-refractivity contribution in [2.24, 2.45) is 11.8 Å². The van der Waals surface area contributed by atoms with E-state index in [4.69, 9.17) is 9.47 Å². The van der Waals surface area contributed by atoms with Crippen LogP contribution in [0.4, 0.5) is 0 Å². The zero-order valence-corrected chi connectivity index (χ0v) is 16.0. The minimum Gasteiger partial charge on any atom is -0.490 e. The molecule has 1 saturated heterocycles. The summed E-state index contributed by atoms with van der Waals surface area (Å²) in [5.41, 5.74) is 1.25. The molecule has 1 aromatic carbocycles. The van der Waals surface area contributed by atoms with Crippen LogP contribution in [0, 0.1) is 11.8 Å². The van der Waals surface area contributed by atoms with E-state index >= 15 is 0 Å². The Morgan fingerprint density at radius 1 is 1.15 bits per heavy atom. The van der Waals surface area contributed by atoms with Crippen LogP contribution in [0.3, 0.4) is 0 Å². The van der Waals surface area contributed by atoms with E-state index in [0.717, 1.165) is 50.5 Å². The highest BCUT2D eigenvalue weighted by Crippen LogP contribution is 2.39. The number of rotatable bonds is 8. The highest BCUT2D eigenvalue weighted by molar-refractivity contribution is 5.43. The summed E-state index contributed by atoms with van der Waals surface area (Å²) in [6.07, 6.45) is 7.35. The summed E-state index contributed by atoms with van der Waals surface area (Å²) in [6.45, 7) is 7.06. The maximum Gasteiger partial charge on any atom is 0.161 e. The fourth-order valence-electron chi connectivity index (χ4n) is 4.47. The highest BCUT2D eigenvalue weighted by atomic mass is 16.5. The van der Waals surface area contributed by atoms with Gasteiger partial charge in [0.2, 0.25) is 0 Å². The quantitative estimate of drug-likeness (QED) is 0.773. The molecule has 2 aliphatic rings. The Labute approximate surface area is 160 Å². The van der Waals surface area contributed by atoms with Gasteiger partial charge in [-0.25, -0.2) is 4.98 Å². The van der Waals surface area contributed by atoms with Crippen molar-refractivity contribution < 1.29 is 14.6 Å². The summed E-state index contributed by atoms with van der Waals surface area (Å²) in [5.74, 6) is 2.94. The molecule has 1 saturated carbocycles. The van der Waals surface area contributed by atoms with Crippen LogP contribution < -0.4 is 9.47 Å². The molecule has 146 valence electrons. The van der Waals surface area contributed by atoms with E-state index in [2.05, 4.69) is 22.0 Å². The molecule has 1 aromatic heterocycles. The number of imidazole rings is 1. The number of nitrogens with zero attached hydrogens (tertiary/aromatic N) is 3. The van der Waals surface area contributed by atoms with Gasteiger partial charge < -0.3 is 19.1 Å². The molecule has 1 N–H and O–H groups in total. The van der Waals surface area contributed by atoms with Gasteiger partial charge in [-0.05, 0) is 49.3 Å². The SMILES string of the molecule is CCOc1cc(CN2C[C@H]3CC(O)C[C@H]3C2)ccc1OCCn1ccnc1. The largest absolute Gasteiger partial charge is 0.490 e. The Bertz CT molecular complexity index is 720. The van der Waals surface area contributed by atoms with Gasteiger partial charge in [-0.3, -0.25) is 4.90 Å². The van der Waals surface area contributed by atoms with Crippen molar-refractivity contribution in [2.75, 3.05) is 26.3 Å². The van der Waals surface area contributed by atoms with Crippen LogP contribution >= 0.6 is 0 Å². The standard InChI is InChI=1S/C21H29N3O3/c1-2-26-21-9-16(12-24-13-17-10-19(25)11-18(17)14-24)3-4-20(21)27-8-7-23-6-5-22-15-23/h3-6,9,15,17-19,25H,2,7-8,10-14H2,1H3/t17-,18+,19?. The minimum atomic E-state index is -0.0783. The van der Waals surface area contributed by atoms with Crippen molar-refractivity contribution in [3.8, 4) is 11.5 Å². The lowest BCUT2D eigenvalue weighted by molar-refractivity contribution is 0.161. The molecule has 3 atom stereocenters. The van der Waals surface area contributed by atoms with Crippen molar-refractivity contribution in [3.63, 3.8) is 0 Å². The van der Waals surface area contributed by atoms with Crippen molar-refractivity contribution in [2.45, 2.75) is 39.0 Å². The maximum atomic E-state index is 9.81. The van der Waals surface area contributed by atoms with E-state index in [1.807, 2.05) is 23.8 Å². The summed E-state index contributed by atoms with van der Waals surface area (Å²) < 4.78 is 13.8. The number of fused-ring (bicyclic) bond motifs is 1. The molecule has 6 nitrogen and oxygen atoms in total. The molecule has 27 heavy (non-hydrogen) atoms. The number of aliphatic hydroxyl groups is 1. The molecule has 0 radical (unpaired) electrons. The van der Waals surface area contributed by atoms with Crippen molar-refractivity contribution in [3.05, 3.63) is 42.5 Å². The van der Waals surface area contributed by atoms with Crippen LogP contribution in [0.25, 0.3) is 0 Å². The fraction of sp³-hybridized carbons (Fsp3) is 0.571. The van der Waals surface area contributed by atoms with E-state index in [9.17, 15) is 5.11 Å². The van der Waals surface area contributed by atoms with Crippen LogP contribution in [-0.4, -0.2) is 52.0 Å². The number of hydrogen-bond donors (Lipinski definition) is 1. The van der Waals surface area contributed by atoms with E-state index < -0.39 is 0 Å². The van der Waals surface area contributed by atoms with Gasteiger partial charge in [0, 0.05) is 32.0 Å². The molecule has 0 spiro atoms. The second-order valence-electron chi connectivity index (χ2n) is 7.70. The van der Waals surface area contributed by atoms with Crippen LogP contribution in [0.1, 0.15) is 25.3 Å². The average molecular weight is 371 g/mol. The zero-order chi connectivity index (χ0) is 18.6. The van der Waals surface area contributed by atoms with Gasteiger partial charge in [-0.1, -0.05) is 6.07 Å². The van der Waals surface area contributed by atoms with Gasteiger partial charge >= 0.3 is 0 Å². The fourth-order valence-corrected chi connectivity index (χ4v) is 4.47. The van der Waals surface area contributed by atoms with E-state index in [1.54, 1.807) is 12.5 Å². The van der Waals surface area contributed by atoms with Crippen LogP contribution in [-0.2, 0) is 13.1 Å². The number of benzene rings is 1. The lowest BCUT2D eigenvalue weighted by atomic mass is 10.0. The number of aromatic nitrogens is 2. The second kappa shape index (κ2) is 8.31. The van der Waals surface area contributed by atoms with Crippen LogP contribution in [0.15, 0.2) is 36.9 Å². The molecule has 1 aliphatic heterocycles. The summed E-state index contributed by atoms with van der Waals surface area (Å²) in [7, 11) is 0. The molecule has 0 bridgehead atoms. The van der Waals surface area contributed by atoms with Crippen molar-refractivity contribution in [1.29, 1.82) is 0 Å². The second-order valence-corrected chi connectivity index (χ2v) is 7.70. The third-order valence-electron chi connectivity index (χ3n) is 5.68.